The highest BCUT2D eigenvalue weighted by atomic mass is 16.5. The highest BCUT2D eigenvalue weighted by molar-refractivity contribution is 6.01. The van der Waals surface area contributed by atoms with E-state index in [0.29, 0.717) is 6.61 Å². The minimum atomic E-state index is -0.398. The van der Waals surface area contributed by atoms with Gasteiger partial charge in [-0.3, -0.25) is 4.79 Å². The topological polar surface area (TPSA) is 47.6 Å². The minimum Gasteiger partial charge on any atom is -0.497 e. The van der Waals surface area contributed by atoms with Gasteiger partial charge in [0.1, 0.15) is 11.5 Å². The lowest BCUT2D eigenvalue weighted by Gasteiger charge is -2.16. The van der Waals surface area contributed by atoms with Crippen LogP contribution in [-0.2, 0) is 10.2 Å². The number of nitrogens with one attached hydrogen (secondary N) is 1. The molecule has 0 aliphatic heterocycles. The molecule has 0 unspecified atom stereocenters. The van der Waals surface area contributed by atoms with Crippen LogP contribution in [0.4, 0.5) is 5.69 Å². The van der Waals surface area contributed by atoms with Crippen molar-refractivity contribution in [3.05, 3.63) is 54.1 Å². The second kappa shape index (κ2) is 6.32. The number of carbonyl (C=O) groups is 1. The molecule has 0 atom stereocenters. The van der Waals surface area contributed by atoms with Crippen LogP contribution in [0.1, 0.15) is 25.3 Å². The first-order chi connectivity index (χ1) is 11.2. The Labute approximate surface area is 136 Å². The first kappa shape index (κ1) is 15.4. The fourth-order valence-corrected chi connectivity index (χ4v) is 2.73. The van der Waals surface area contributed by atoms with Crippen molar-refractivity contribution >= 4 is 11.6 Å². The summed E-state index contributed by atoms with van der Waals surface area (Å²) in [6.45, 7) is 2.58. The monoisotopic (exact) mass is 311 g/mol. The smallest absolute Gasteiger partial charge is 0.235 e. The van der Waals surface area contributed by atoms with Crippen LogP contribution in [0.5, 0.6) is 11.5 Å². The van der Waals surface area contributed by atoms with Crippen LogP contribution < -0.4 is 14.8 Å². The van der Waals surface area contributed by atoms with Gasteiger partial charge in [-0.25, -0.2) is 0 Å². The molecule has 0 aromatic heterocycles. The van der Waals surface area contributed by atoms with E-state index in [4.69, 9.17) is 9.47 Å². The number of amides is 1. The molecule has 1 saturated carbocycles. The maximum absolute atomic E-state index is 12.7. The van der Waals surface area contributed by atoms with Crippen LogP contribution in [-0.4, -0.2) is 19.6 Å². The van der Waals surface area contributed by atoms with Crippen LogP contribution in [0.15, 0.2) is 48.5 Å². The molecule has 4 nitrogen and oxygen atoms in total. The van der Waals surface area contributed by atoms with E-state index in [1.165, 1.54) is 0 Å². The van der Waals surface area contributed by atoms with E-state index in [1.54, 1.807) is 7.11 Å². The van der Waals surface area contributed by atoms with Crippen molar-refractivity contribution in [1.82, 2.24) is 0 Å². The predicted molar refractivity (Wildman–Crippen MR) is 90.1 cm³/mol. The third-order valence-electron chi connectivity index (χ3n) is 4.25. The second-order valence-electron chi connectivity index (χ2n) is 5.72. The van der Waals surface area contributed by atoms with Crippen LogP contribution in [0.3, 0.4) is 0 Å². The molecule has 2 aromatic rings. The quantitative estimate of drug-likeness (QED) is 0.883. The molecule has 23 heavy (non-hydrogen) atoms. The van der Waals surface area contributed by atoms with Crippen molar-refractivity contribution in [2.75, 3.05) is 19.0 Å². The van der Waals surface area contributed by atoms with Crippen LogP contribution in [0, 0.1) is 0 Å². The number of hydrogen-bond acceptors (Lipinski definition) is 3. The van der Waals surface area contributed by atoms with E-state index in [-0.39, 0.29) is 5.91 Å². The zero-order valence-corrected chi connectivity index (χ0v) is 13.5. The van der Waals surface area contributed by atoms with Crippen molar-refractivity contribution in [3.8, 4) is 11.5 Å². The van der Waals surface area contributed by atoms with Crippen LogP contribution in [0.25, 0.3) is 0 Å². The van der Waals surface area contributed by atoms with Crippen molar-refractivity contribution in [2.45, 2.75) is 25.2 Å². The fraction of sp³-hybridized carbons (Fsp3) is 0.316. The molecule has 120 valence electrons. The average Bonchev–Trinajstić information content (AvgIpc) is 3.39. The third-order valence-corrected chi connectivity index (χ3v) is 4.25. The summed E-state index contributed by atoms with van der Waals surface area (Å²) < 4.78 is 10.6. The summed E-state index contributed by atoms with van der Waals surface area (Å²) in [6, 6.07) is 15.2. The number of methoxy groups -OCH3 is 1. The van der Waals surface area contributed by atoms with E-state index < -0.39 is 5.41 Å². The normalized spacial score (nSPS) is 14.9. The Morgan fingerprint density at radius 3 is 2.17 bits per heavy atom. The number of rotatable bonds is 6. The van der Waals surface area contributed by atoms with Crippen molar-refractivity contribution in [3.63, 3.8) is 0 Å². The summed E-state index contributed by atoms with van der Waals surface area (Å²) in [4.78, 5) is 12.7. The largest absolute Gasteiger partial charge is 0.497 e. The molecule has 4 heteroatoms. The molecular weight excluding hydrogens is 290 g/mol. The molecule has 1 N–H and O–H groups in total. The van der Waals surface area contributed by atoms with Gasteiger partial charge in [-0.05, 0) is 61.7 Å². The minimum absolute atomic E-state index is 0.0480. The SMILES string of the molecule is CCOc1ccc(NC(=O)C2(c3ccc(OC)cc3)CC2)cc1. The molecule has 1 fully saturated rings. The number of hydrogen-bond donors (Lipinski definition) is 1. The van der Waals surface area contributed by atoms with Gasteiger partial charge < -0.3 is 14.8 Å². The van der Waals surface area contributed by atoms with Gasteiger partial charge in [-0.1, -0.05) is 12.1 Å². The number of carbonyl (C=O) groups excluding carboxylic acids is 1. The van der Waals surface area contributed by atoms with Crippen molar-refractivity contribution in [1.29, 1.82) is 0 Å². The number of anilines is 1. The van der Waals surface area contributed by atoms with E-state index in [2.05, 4.69) is 5.32 Å². The van der Waals surface area contributed by atoms with Crippen LogP contribution >= 0.6 is 0 Å². The van der Waals surface area contributed by atoms with Gasteiger partial charge in [0, 0.05) is 5.69 Å². The summed E-state index contributed by atoms with van der Waals surface area (Å²) in [7, 11) is 1.64. The zero-order chi connectivity index (χ0) is 16.3. The summed E-state index contributed by atoms with van der Waals surface area (Å²) in [6.07, 6.45) is 1.75. The Bertz CT molecular complexity index is 673. The summed E-state index contributed by atoms with van der Waals surface area (Å²) in [5, 5.41) is 3.02. The van der Waals surface area contributed by atoms with Gasteiger partial charge in [0.05, 0.1) is 19.1 Å². The van der Waals surface area contributed by atoms with Crippen molar-refractivity contribution in [2.24, 2.45) is 0 Å². The highest BCUT2D eigenvalue weighted by Crippen LogP contribution is 2.49. The molecule has 1 aliphatic carbocycles. The lowest BCUT2D eigenvalue weighted by Crippen LogP contribution is -2.27. The van der Waals surface area contributed by atoms with Gasteiger partial charge in [0.25, 0.3) is 0 Å². The summed E-state index contributed by atoms with van der Waals surface area (Å²) >= 11 is 0. The Hall–Kier alpha value is -2.49. The molecule has 1 aliphatic rings. The molecule has 0 heterocycles. The van der Waals surface area contributed by atoms with Crippen molar-refractivity contribution < 1.29 is 14.3 Å². The molecule has 0 bridgehead atoms. The molecule has 3 rings (SSSR count). The van der Waals surface area contributed by atoms with E-state index in [9.17, 15) is 4.79 Å². The summed E-state index contributed by atoms with van der Waals surface area (Å²) in [5.74, 6) is 1.66. The second-order valence-corrected chi connectivity index (χ2v) is 5.72. The lowest BCUT2D eigenvalue weighted by atomic mass is 9.95. The zero-order valence-electron chi connectivity index (χ0n) is 13.5. The van der Waals surface area contributed by atoms with E-state index in [0.717, 1.165) is 35.6 Å². The number of benzene rings is 2. The highest BCUT2D eigenvalue weighted by Gasteiger charge is 2.51. The first-order valence-electron chi connectivity index (χ1n) is 7.87. The van der Waals surface area contributed by atoms with Gasteiger partial charge in [0.2, 0.25) is 5.91 Å². The predicted octanol–water partition coefficient (Wildman–Crippen LogP) is 3.76. The standard InChI is InChI=1S/C19H21NO3/c1-3-23-17-10-6-15(7-11-17)20-18(21)19(12-13-19)14-4-8-16(22-2)9-5-14/h4-11H,3,12-13H2,1-2H3,(H,20,21). The molecule has 2 aromatic carbocycles. The Balaban J connectivity index is 1.71. The molecular formula is C19H21NO3. The molecule has 0 spiro atoms. The summed E-state index contributed by atoms with van der Waals surface area (Å²) in [5.41, 5.74) is 1.44. The molecule has 1 amide bonds. The Kier molecular flexibility index (Phi) is 4.24. The van der Waals surface area contributed by atoms with Gasteiger partial charge >= 0.3 is 0 Å². The van der Waals surface area contributed by atoms with E-state index >= 15 is 0 Å². The molecule has 0 saturated heterocycles. The number of ether oxygens (including phenoxy) is 2. The Morgan fingerprint density at radius 2 is 1.65 bits per heavy atom. The van der Waals surface area contributed by atoms with Gasteiger partial charge in [-0.2, -0.15) is 0 Å². The van der Waals surface area contributed by atoms with E-state index in [1.807, 2.05) is 55.5 Å². The average molecular weight is 311 g/mol. The fourth-order valence-electron chi connectivity index (χ4n) is 2.73. The Morgan fingerprint density at radius 1 is 1.04 bits per heavy atom. The third kappa shape index (κ3) is 3.16. The maximum atomic E-state index is 12.7. The maximum Gasteiger partial charge on any atom is 0.235 e. The first-order valence-corrected chi connectivity index (χ1v) is 7.87. The van der Waals surface area contributed by atoms with Gasteiger partial charge in [0.15, 0.2) is 0 Å². The van der Waals surface area contributed by atoms with Gasteiger partial charge in [-0.15, -0.1) is 0 Å². The van der Waals surface area contributed by atoms with Crippen LogP contribution in [0.2, 0.25) is 0 Å². The lowest BCUT2D eigenvalue weighted by molar-refractivity contribution is -0.118. The molecule has 0 radical (unpaired) electrons.